The van der Waals surface area contributed by atoms with Gasteiger partial charge in [-0.05, 0) is 77.1 Å². The molecule has 0 aliphatic carbocycles. The van der Waals surface area contributed by atoms with E-state index in [2.05, 4.69) is 16.3 Å². The van der Waals surface area contributed by atoms with Crippen LogP contribution in [0.1, 0.15) is 57.9 Å². The van der Waals surface area contributed by atoms with Crippen molar-refractivity contribution >= 4 is 17.7 Å². The highest BCUT2D eigenvalue weighted by molar-refractivity contribution is 6.06. The Balaban J connectivity index is 1.25. The van der Waals surface area contributed by atoms with E-state index in [9.17, 15) is 9.59 Å². The average Bonchev–Trinajstić information content (AvgIpc) is 3.12. The van der Waals surface area contributed by atoms with Crippen molar-refractivity contribution in [2.45, 2.75) is 82.0 Å². The van der Waals surface area contributed by atoms with Gasteiger partial charge in [-0.25, -0.2) is 4.79 Å². The largest absolute Gasteiger partial charge is 0.447 e. The molecule has 4 aliphatic rings. The Bertz CT molecular complexity index is 801. The Morgan fingerprint density at radius 3 is 2.41 bits per heavy atom. The number of benzene rings is 1. The van der Waals surface area contributed by atoms with Crippen molar-refractivity contribution in [2.24, 2.45) is 0 Å². The van der Waals surface area contributed by atoms with E-state index in [0.29, 0.717) is 18.1 Å². The second kappa shape index (κ2) is 7.01. The lowest BCUT2D eigenvalue weighted by Crippen LogP contribution is -2.56. The lowest BCUT2D eigenvalue weighted by atomic mass is 9.73. The highest BCUT2D eigenvalue weighted by atomic mass is 16.6. The summed E-state index contributed by atoms with van der Waals surface area (Å²) in [6.07, 6.45) is 5.77. The number of hydrogen-bond donors (Lipinski definition) is 1. The number of nitrogens with one attached hydrogen (secondary N) is 1. The number of nitrogens with zero attached hydrogens (tertiary/aromatic N) is 2. The van der Waals surface area contributed by atoms with Gasteiger partial charge in [0.25, 0.3) is 0 Å². The minimum atomic E-state index is -0.353. The monoisotopic (exact) mass is 397 g/mol. The number of anilines is 1. The molecule has 29 heavy (non-hydrogen) atoms. The Hall–Kier alpha value is -2.08. The second-order valence-electron chi connectivity index (χ2n) is 9.47. The summed E-state index contributed by atoms with van der Waals surface area (Å²) in [6.45, 7) is 5.71. The first-order valence-electron chi connectivity index (χ1n) is 11.1. The average molecular weight is 398 g/mol. The molecule has 6 nitrogen and oxygen atoms in total. The number of likely N-dealkylation sites (tertiary alicyclic amines) is 1. The number of hydrogen-bond acceptors (Lipinski definition) is 4. The van der Waals surface area contributed by atoms with Crippen LogP contribution in [0, 0.1) is 0 Å². The SMILES string of the molecule is CC(C)OC(=O)N1C2CCC1CC(N1CCC3(CC1)C(=O)Nc1ccccc13)C2. The van der Waals surface area contributed by atoms with E-state index < -0.39 is 0 Å². The summed E-state index contributed by atoms with van der Waals surface area (Å²) in [5.41, 5.74) is 1.81. The summed E-state index contributed by atoms with van der Waals surface area (Å²) in [5, 5.41) is 3.09. The zero-order chi connectivity index (χ0) is 20.2. The van der Waals surface area contributed by atoms with E-state index in [4.69, 9.17) is 4.74 Å². The number of carbonyl (C=O) groups is 2. The molecule has 0 radical (unpaired) electrons. The van der Waals surface area contributed by atoms with Gasteiger partial charge in [-0.2, -0.15) is 0 Å². The summed E-state index contributed by atoms with van der Waals surface area (Å²) in [5.74, 6) is 0.171. The molecule has 0 aromatic heterocycles. The third-order valence-corrected chi connectivity index (χ3v) is 7.55. The number of amides is 2. The fraction of sp³-hybridized carbons (Fsp3) is 0.652. The highest BCUT2D eigenvalue weighted by Gasteiger charge is 2.51. The number of carbonyl (C=O) groups excluding carboxylic acids is 2. The number of rotatable bonds is 2. The van der Waals surface area contributed by atoms with E-state index >= 15 is 0 Å². The molecule has 2 amide bonds. The molecule has 1 aromatic carbocycles. The Kier molecular flexibility index (Phi) is 4.57. The lowest BCUT2D eigenvalue weighted by Gasteiger charge is -2.46. The van der Waals surface area contributed by atoms with Gasteiger partial charge < -0.3 is 19.9 Å². The van der Waals surface area contributed by atoms with Gasteiger partial charge in [0.15, 0.2) is 0 Å². The van der Waals surface area contributed by atoms with Gasteiger partial charge in [0.2, 0.25) is 5.91 Å². The zero-order valence-electron chi connectivity index (χ0n) is 17.4. The van der Waals surface area contributed by atoms with Crippen molar-refractivity contribution in [1.82, 2.24) is 9.80 Å². The molecule has 5 rings (SSSR count). The molecule has 3 saturated heterocycles. The molecule has 1 aromatic rings. The summed E-state index contributed by atoms with van der Waals surface area (Å²) in [7, 11) is 0. The fourth-order valence-corrected chi connectivity index (χ4v) is 6.15. The first-order valence-corrected chi connectivity index (χ1v) is 11.1. The van der Waals surface area contributed by atoms with Gasteiger partial charge in [0.05, 0.1) is 11.5 Å². The lowest BCUT2D eigenvalue weighted by molar-refractivity contribution is -0.123. The normalized spacial score (nSPS) is 30.5. The Labute approximate surface area is 172 Å². The maximum atomic E-state index is 12.8. The maximum absolute atomic E-state index is 12.8. The van der Waals surface area contributed by atoms with Gasteiger partial charge in [-0.3, -0.25) is 4.79 Å². The molecule has 1 spiro atoms. The third-order valence-electron chi connectivity index (χ3n) is 7.55. The van der Waals surface area contributed by atoms with Crippen LogP contribution in [-0.4, -0.2) is 59.1 Å². The molecule has 2 bridgehead atoms. The molecule has 0 saturated carbocycles. The Morgan fingerprint density at radius 2 is 1.76 bits per heavy atom. The minimum absolute atomic E-state index is 0.0710. The van der Waals surface area contributed by atoms with Crippen LogP contribution < -0.4 is 5.32 Å². The zero-order valence-corrected chi connectivity index (χ0v) is 17.4. The Morgan fingerprint density at radius 1 is 1.10 bits per heavy atom. The van der Waals surface area contributed by atoms with E-state index in [1.54, 1.807) is 0 Å². The minimum Gasteiger partial charge on any atom is -0.447 e. The number of piperidine rings is 2. The number of para-hydroxylation sites is 1. The number of fused-ring (bicyclic) bond motifs is 4. The van der Waals surface area contributed by atoms with Crippen LogP contribution in [0.3, 0.4) is 0 Å². The molecule has 3 fully saturated rings. The standard InChI is InChI=1S/C23H31N3O3/c1-15(2)29-22(28)26-16-7-8-17(26)14-18(13-16)25-11-9-23(10-12-25)19-5-3-4-6-20(19)24-21(23)27/h3-6,15-18H,7-14H2,1-2H3,(H,24,27). The first-order chi connectivity index (χ1) is 14.0. The van der Waals surface area contributed by atoms with Gasteiger partial charge >= 0.3 is 6.09 Å². The van der Waals surface area contributed by atoms with Crippen molar-refractivity contribution < 1.29 is 14.3 Å². The summed E-state index contributed by atoms with van der Waals surface area (Å²) in [6, 6.07) is 9.26. The van der Waals surface area contributed by atoms with Gasteiger partial charge in [-0.1, -0.05) is 18.2 Å². The van der Waals surface area contributed by atoms with E-state index in [0.717, 1.165) is 57.3 Å². The smallest absolute Gasteiger partial charge is 0.410 e. The molecule has 4 heterocycles. The van der Waals surface area contributed by atoms with Crippen LogP contribution in [0.2, 0.25) is 0 Å². The van der Waals surface area contributed by atoms with Crippen LogP contribution in [0.25, 0.3) is 0 Å². The summed E-state index contributed by atoms with van der Waals surface area (Å²) < 4.78 is 5.49. The van der Waals surface area contributed by atoms with Crippen LogP contribution in [0.4, 0.5) is 10.5 Å². The van der Waals surface area contributed by atoms with Crippen LogP contribution >= 0.6 is 0 Å². The molecule has 2 atom stereocenters. The second-order valence-corrected chi connectivity index (χ2v) is 9.47. The quantitative estimate of drug-likeness (QED) is 0.830. The molecule has 2 unspecified atom stereocenters. The molecule has 6 heteroatoms. The van der Waals surface area contributed by atoms with Crippen LogP contribution in [0.15, 0.2) is 24.3 Å². The van der Waals surface area contributed by atoms with Gasteiger partial charge in [0.1, 0.15) is 0 Å². The molecule has 1 N–H and O–H groups in total. The van der Waals surface area contributed by atoms with Crippen LogP contribution in [-0.2, 0) is 14.9 Å². The topological polar surface area (TPSA) is 61.9 Å². The van der Waals surface area contributed by atoms with Crippen molar-refractivity contribution in [3.05, 3.63) is 29.8 Å². The van der Waals surface area contributed by atoms with E-state index in [1.807, 2.05) is 36.9 Å². The number of ether oxygens (including phenoxy) is 1. The first kappa shape index (κ1) is 18.9. The summed E-state index contributed by atoms with van der Waals surface area (Å²) >= 11 is 0. The van der Waals surface area contributed by atoms with Crippen molar-refractivity contribution in [3.63, 3.8) is 0 Å². The third kappa shape index (κ3) is 3.03. The predicted molar refractivity (Wildman–Crippen MR) is 111 cm³/mol. The molecular weight excluding hydrogens is 366 g/mol. The molecule has 156 valence electrons. The molecule has 4 aliphatic heterocycles. The van der Waals surface area contributed by atoms with Crippen molar-refractivity contribution in [3.8, 4) is 0 Å². The van der Waals surface area contributed by atoms with Gasteiger partial charge in [0, 0.05) is 23.8 Å². The van der Waals surface area contributed by atoms with E-state index in [-0.39, 0.29) is 23.5 Å². The maximum Gasteiger partial charge on any atom is 0.410 e. The van der Waals surface area contributed by atoms with Crippen molar-refractivity contribution in [1.29, 1.82) is 0 Å². The highest BCUT2D eigenvalue weighted by Crippen LogP contribution is 2.46. The summed E-state index contributed by atoms with van der Waals surface area (Å²) in [4.78, 5) is 29.9. The van der Waals surface area contributed by atoms with Gasteiger partial charge in [-0.15, -0.1) is 0 Å². The predicted octanol–water partition coefficient (Wildman–Crippen LogP) is 3.51. The van der Waals surface area contributed by atoms with E-state index in [1.165, 1.54) is 5.56 Å². The van der Waals surface area contributed by atoms with Crippen LogP contribution in [0.5, 0.6) is 0 Å². The van der Waals surface area contributed by atoms with Crippen molar-refractivity contribution in [2.75, 3.05) is 18.4 Å². The fourth-order valence-electron chi connectivity index (χ4n) is 6.15. The molecular formula is C23H31N3O3.